The van der Waals surface area contributed by atoms with Gasteiger partial charge < -0.3 is 10.6 Å². The molecule has 0 fully saturated rings. The molecule has 3 heteroatoms. The minimum atomic E-state index is -0.567. The molecule has 0 radical (unpaired) electrons. The van der Waals surface area contributed by atoms with Crippen molar-refractivity contribution in [2.75, 3.05) is 12.4 Å². The summed E-state index contributed by atoms with van der Waals surface area (Å²) < 4.78 is 0. The fraction of sp³-hybridized carbons (Fsp3) is 0.533. The Bertz CT molecular complexity index is 413. The first-order chi connectivity index (χ1) is 8.16. The number of likely N-dealkylation sites (N-methyl/N-ethyl adjacent to an activating group) is 1. The second kappa shape index (κ2) is 5.11. The van der Waals surface area contributed by atoms with Gasteiger partial charge >= 0.3 is 0 Å². The van der Waals surface area contributed by atoms with E-state index in [0.717, 1.165) is 5.69 Å². The largest absolute Gasteiger partial charge is 0.325 e. The average molecular weight is 248 g/mol. The molecule has 0 heterocycles. The molecule has 3 nitrogen and oxygen atoms in total. The average Bonchev–Trinajstić information content (AvgIpc) is 2.28. The van der Waals surface area contributed by atoms with Crippen molar-refractivity contribution in [3.05, 3.63) is 29.8 Å². The van der Waals surface area contributed by atoms with Gasteiger partial charge in [0.15, 0.2) is 0 Å². The van der Waals surface area contributed by atoms with Crippen molar-refractivity contribution in [3.8, 4) is 0 Å². The van der Waals surface area contributed by atoms with E-state index < -0.39 is 5.54 Å². The highest BCUT2D eigenvalue weighted by Crippen LogP contribution is 2.23. The molecule has 0 aliphatic heterocycles. The van der Waals surface area contributed by atoms with Crippen molar-refractivity contribution in [1.82, 2.24) is 5.32 Å². The fourth-order valence-electron chi connectivity index (χ4n) is 1.45. The lowest BCUT2D eigenvalue weighted by atomic mass is 9.87. The molecule has 1 aromatic carbocycles. The summed E-state index contributed by atoms with van der Waals surface area (Å²) in [6.07, 6.45) is 0. The molecule has 18 heavy (non-hydrogen) atoms. The molecular formula is C15H24N2O. The molecule has 0 bridgehead atoms. The van der Waals surface area contributed by atoms with Gasteiger partial charge in [0.1, 0.15) is 0 Å². The van der Waals surface area contributed by atoms with Crippen LogP contribution in [0.5, 0.6) is 0 Å². The van der Waals surface area contributed by atoms with Crippen LogP contribution in [0, 0.1) is 0 Å². The van der Waals surface area contributed by atoms with Crippen LogP contribution >= 0.6 is 0 Å². The quantitative estimate of drug-likeness (QED) is 0.863. The van der Waals surface area contributed by atoms with Gasteiger partial charge in [-0.2, -0.15) is 0 Å². The van der Waals surface area contributed by atoms with E-state index in [1.54, 1.807) is 7.05 Å². The van der Waals surface area contributed by atoms with Gasteiger partial charge in [-0.05, 0) is 44.0 Å². The SMILES string of the molecule is CNC(C)(C)C(=O)Nc1ccc(C(C)(C)C)cc1. The summed E-state index contributed by atoms with van der Waals surface area (Å²) >= 11 is 0. The summed E-state index contributed by atoms with van der Waals surface area (Å²) in [5.74, 6) is -0.0338. The number of anilines is 1. The standard InChI is InChI=1S/C15H24N2O/c1-14(2,3)11-7-9-12(10-8-11)17-13(18)15(4,5)16-6/h7-10,16H,1-6H3,(H,17,18). The molecule has 0 aromatic heterocycles. The van der Waals surface area contributed by atoms with E-state index in [-0.39, 0.29) is 11.3 Å². The van der Waals surface area contributed by atoms with Crippen molar-refractivity contribution in [2.45, 2.75) is 45.6 Å². The van der Waals surface area contributed by atoms with Gasteiger partial charge in [-0.15, -0.1) is 0 Å². The number of benzene rings is 1. The first kappa shape index (κ1) is 14.7. The Labute approximate surface area is 110 Å². The smallest absolute Gasteiger partial charge is 0.244 e. The van der Waals surface area contributed by atoms with Crippen LogP contribution in [-0.4, -0.2) is 18.5 Å². The Balaban J connectivity index is 2.79. The molecule has 0 unspecified atom stereocenters. The molecule has 100 valence electrons. The number of rotatable bonds is 3. The van der Waals surface area contributed by atoms with Gasteiger partial charge in [0, 0.05) is 5.69 Å². The van der Waals surface area contributed by atoms with E-state index in [4.69, 9.17) is 0 Å². The molecule has 0 saturated carbocycles. The summed E-state index contributed by atoms with van der Waals surface area (Å²) in [5.41, 5.74) is 1.65. The lowest BCUT2D eigenvalue weighted by Gasteiger charge is -2.23. The first-order valence-electron chi connectivity index (χ1n) is 6.28. The molecule has 0 atom stereocenters. The lowest BCUT2D eigenvalue weighted by molar-refractivity contribution is -0.121. The third kappa shape index (κ3) is 3.57. The fourth-order valence-corrected chi connectivity index (χ4v) is 1.45. The highest BCUT2D eigenvalue weighted by atomic mass is 16.2. The van der Waals surface area contributed by atoms with Gasteiger partial charge in [-0.1, -0.05) is 32.9 Å². The first-order valence-corrected chi connectivity index (χ1v) is 6.28. The maximum absolute atomic E-state index is 12.0. The highest BCUT2D eigenvalue weighted by Gasteiger charge is 2.25. The van der Waals surface area contributed by atoms with Crippen LogP contribution in [0.3, 0.4) is 0 Å². The molecule has 0 spiro atoms. The molecule has 1 aromatic rings. The Kier molecular flexibility index (Phi) is 4.17. The zero-order valence-electron chi connectivity index (χ0n) is 12.2. The summed E-state index contributed by atoms with van der Waals surface area (Å²) in [7, 11) is 1.78. The van der Waals surface area contributed by atoms with E-state index in [2.05, 4.69) is 43.5 Å². The zero-order valence-corrected chi connectivity index (χ0v) is 12.2. The number of amides is 1. The summed E-state index contributed by atoms with van der Waals surface area (Å²) in [6, 6.07) is 8.01. The summed E-state index contributed by atoms with van der Waals surface area (Å²) in [5, 5.41) is 5.90. The maximum atomic E-state index is 12.0. The van der Waals surface area contributed by atoms with Crippen molar-refractivity contribution in [2.24, 2.45) is 0 Å². The molecule has 2 N–H and O–H groups in total. The molecule has 1 rings (SSSR count). The highest BCUT2D eigenvalue weighted by molar-refractivity contribution is 5.97. The van der Waals surface area contributed by atoms with Crippen molar-refractivity contribution in [1.29, 1.82) is 0 Å². The van der Waals surface area contributed by atoms with Crippen LogP contribution in [0.25, 0.3) is 0 Å². The van der Waals surface area contributed by atoms with E-state index in [1.807, 2.05) is 26.0 Å². The second-order valence-corrected chi connectivity index (χ2v) is 6.16. The predicted molar refractivity (Wildman–Crippen MR) is 76.9 cm³/mol. The minimum absolute atomic E-state index is 0.0338. The van der Waals surface area contributed by atoms with E-state index >= 15 is 0 Å². The van der Waals surface area contributed by atoms with E-state index in [9.17, 15) is 4.79 Å². The van der Waals surface area contributed by atoms with Gasteiger partial charge in [0.05, 0.1) is 5.54 Å². The number of carbonyl (C=O) groups excluding carboxylic acids is 1. The van der Waals surface area contributed by atoms with Crippen LogP contribution in [-0.2, 0) is 10.2 Å². The Morgan fingerprint density at radius 1 is 1.00 bits per heavy atom. The van der Waals surface area contributed by atoms with E-state index in [1.165, 1.54) is 5.56 Å². The maximum Gasteiger partial charge on any atom is 0.244 e. The van der Waals surface area contributed by atoms with Crippen LogP contribution in [0.15, 0.2) is 24.3 Å². The molecular weight excluding hydrogens is 224 g/mol. The summed E-state index contributed by atoms with van der Waals surface area (Å²) in [6.45, 7) is 10.2. The van der Waals surface area contributed by atoms with Gasteiger partial charge in [-0.3, -0.25) is 4.79 Å². The Morgan fingerprint density at radius 2 is 1.50 bits per heavy atom. The van der Waals surface area contributed by atoms with Crippen molar-refractivity contribution in [3.63, 3.8) is 0 Å². The second-order valence-electron chi connectivity index (χ2n) is 6.16. The number of hydrogen-bond donors (Lipinski definition) is 2. The van der Waals surface area contributed by atoms with Crippen LogP contribution in [0.4, 0.5) is 5.69 Å². The van der Waals surface area contributed by atoms with Gasteiger partial charge in [-0.25, -0.2) is 0 Å². The van der Waals surface area contributed by atoms with Crippen molar-refractivity contribution < 1.29 is 4.79 Å². The summed E-state index contributed by atoms with van der Waals surface area (Å²) in [4.78, 5) is 12.0. The normalized spacial score (nSPS) is 12.3. The Hall–Kier alpha value is -1.35. The van der Waals surface area contributed by atoms with Crippen molar-refractivity contribution >= 4 is 11.6 Å². The lowest BCUT2D eigenvalue weighted by Crippen LogP contribution is -2.47. The van der Waals surface area contributed by atoms with Crippen LogP contribution in [0.1, 0.15) is 40.2 Å². The van der Waals surface area contributed by atoms with Gasteiger partial charge in [0.25, 0.3) is 0 Å². The number of carbonyl (C=O) groups is 1. The predicted octanol–water partition coefficient (Wildman–Crippen LogP) is 2.92. The third-order valence-electron chi connectivity index (χ3n) is 3.20. The van der Waals surface area contributed by atoms with Crippen LogP contribution in [0.2, 0.25) is 0 Å². The number of hydrogen-bond acceptors (Lipinski definition) is 2. The molecule has 0 aliphatic carbocycles. The monoisotopic (exact) mass is 248 g/mol. The van der Waals surface area contributed by atoms with Crippen LogP contribution < -0.4 is 10.6 Å². The number of nitrogens with one attached hydrogen (secondary N) is 2. The third-order valence-corrected chi connectivity index (χ3v) is 3.20. The molecule has 1 amide bonds. The van der Waals surface area contributed by atoms with E-state index in [0.29, 0.717) is 0 Å². The van der Waals surface area contributed by atoms with Gasteiger partial charge in [0.2, 0.25) is 5.91 Å². The molecule has 0 aliphatic rings. The molecule has 0 saturated heterocycles. The minimum Gasteiger partial charge on any atom is -0.325 e. The topological polar surface area (TPSA) is 41.1 Å². The Morgan fingerprint density at radius 3 is 1.89 bits per heavy atom. The zero-order chi connectivity index (χ0) is 14.0.